The lowest BCUT2D eigenvalue weighted by Gasteiger charge is -2.59. The third-order valence-electron chi connectivity index (χ3n) is 11.1. The van der Waals surface area contributed by atoms with Crippen LogP contribution in [0.1, 0.15) is 80.9 Å². The zero-order valence-corrected chi connectivity index (χ0v) is 21.9. The van der Waals surface area contributed by atoms with Crippen LogP contribution in [0.3, 0.4) is 0 Å². The predicted molar refractivity (Wildman–Crippen MR) is 145 cm³/mol. The summed E-state index contributed by atoms with van der Waals surface area (Å²) < 4.78 is 0. The second-order valence-corrected chi connectivity index (χ2v) is 12.6. The van der Waals surface area contributed by atoms with Crippen LogP contribution in [0.5, 0.6) is 0 Å². The van der Waals surface area contributed by atoms with Crippen LogP contribution in [-0.2, 0) is 11.2 Å². The van der Waals surface area contributed by atoms with E-state index < -0.39 is 5.60 Å². The van der Waals surface area contributed by atoms with E-state index in [0.29, 0.717) is 24.3 Å². The number of hydrogen-bond donors (Lipinski definition) is 1. The maximum Gasteiger partial charge on any atom is 0.155 e. The van der Waals surface area contributed by atoms with Crippen LogP contribution in [0.15, 0.2) is 65.3 Å². The molecule has 0 bridgehead atoms. The zero-order valence-electron chi connectivity index (χ0n) is 21.9. The van der Waals surface area contributed by atoms with E-state index in [4.69, 9.17) is 0 Å². The van der Waals surface area contributed by atoms with Gasteiger partial charge in [-0.3, -0.25) is 4.79 Å². The van der Waals surface area contributed by atoms with Crippen molar-refractivity contribution in [3.05, 3.63) is 82.0 Å². The first-order valence-corrected chi connectivity index (χ1v) is 14.0. The molecule has 1 unspecified atom stereocenters. The highest BCUT2D eigenvalue weighted by molar-refractivity contribution is 5.92. The molecule has 4 heteroatoms. The molecule has 1 saturated carbocycles. The fourth-order valence-electron chi connectivity index (χ4n) is 9.20. The molecule has 0 aliphatic heterocycles. The van der Waals surface area contributed by atoms with Gasteiger partial charge in [-0.05, 0) is 91.3 Å². The molecule has 2 aromatic rings. The van der Waals surface area contributed by atoms with Gasteiger partial charge in [-0.2, -0.15) is 10.5 Å². The molecule has 2 aromatic carbocycles. The number of hydrogen-bond acceptors (Lipinski definition) is 4. The Morgan fingerprint density at radius 2 is 1.82 bits per heavy atom. The Morgan fingerprint density at radius 1 is 1.03 bits per heavy atom. The van der Waals surface area contributed by atoms with Crippen LogP contribution in [0, 0.1) is 39.4 Å². The number of carbonyl (C=O) groups is 1. The third-order valence-corrected chi connectivity index (χ3v) is 11.1. The van der Waals surface area contributed by atoms with Crippen molar-refractivity contribution in [2.24, 2.45) is 16.7 Å². The van der Waals surface area contributed by atoms with Crippen LogP contribution in [0.4, 0.5) is 0 Å². The Labute approximate surface area is 224 Å². The number of nitriles is 2. The summed E-state index contributed by atoms with van der Waals surface area (Å²) in [6, 6.07) is 19.1. The van der Waals surface area contributed by atoms with Crippen molar-refractivity contribution in [2.45, 2.75) is 76.2 Å². The highest BCUT2D eigenvalue weighted by Gasteiger charge is 2.64. The molecule has 7 rings (SSSR count). The summed E-state index contributed by atoms with van der Waals surface area (Å²) in [7, 11) is 0. The van der Waals surface area contributed by atoms with Gasteiger partial charge in [0, 0.05) is 23.2 Å². The second-order valence-electron chi connectivity index (χ2n) is 12.6. The summed E-state index contributed by atoms with van der Waals surface area (Å²) in [5, 5.41) is 30.7. The first kappa shape index (κ1) is 23.6. The lowest BCUT2D eigenvalue weighted by molar-refractivity contribution is -0.115. The van der Waals surface area contributed by atoms with Crippen molar-refractivity contribution in [1.82, 2.24) is 0 Å². The highest BCUT2D eigenvalue weighted by Crippen LogP contribution is 2.71. The van der Waals surface area contributed by atoms with Gasteiger partial charge in [0.15, 0.2) is 5.78 Å². The fourth-order valence-corrected chi connectivity index (χ4v) is 9.20. The topological polar surface area (TPSA) is 84.9 Å². The molecule has 1 N–H and O–H groups in total. The Balaban J connectivity index is 1.43. The number of nitrogens with zero attached hydrogens (tertiary/aromatic N) is 2. The minimum absolute atomic E-state index is 0.0975. The van der Waals surface area contributed by atoms with Gasteiger partial charge in [-0.15, -0.1) is 0 Å². The van der Waals surface area contributed by atoms with E-state index in [1.807, 2.05) is 30.3 Å². The number of benzene rings is 2. The lowest BCUT2D eigenvalue weighted by atomic mass is 9.45. The molecular formula is C34H32N2O2. The van der Waals surface area contributed by atoms with Crippen LogP contribution >= 0.6 is 0 Å². The molecule has 5 aliphatic rings. The van der Waals surface area contributed by atoms with Crippen LogP contribution in [-0.4, -0.2) is 16.5 Å². The zero-order chi connectivity index (χ0) is 26.3. The van der Waals surface area contributed by atoms with Crippen molar-refractivity contribution < 1.29 is 9.90 Å². The second kappa shape index (κ2) is 8.02. The van der Waals surface area contributed by atoms with E-state index in [2.05, 4.69) is 37.3 Å². The molecule has 1 fully saturated rings. The van der Waals surface area contributed by atoms with Crippen molar-refractivity contribution in [3.63, 3.8) is 0 Å². The standard InChI is InChI=1S/C34H32N2O2/c1-32-19-29-27-8-6-23(22-4-2-21(20-36)3-5-22)16-24(27)18-33-12-10-26(37)17-25(33)7-9-28(31(29)33)30(32)11-13-34(32,38)14-15-35/h2-6,8,16-17,29-30,38H,7,9-14,18-19H2,1H3/t29?,30-,32-,33+,34+/m0/s1. The molecule has 5 aliphatic carbocycles. The first-order chi connectivity index (χ1) is 18.3. The summed E-state index contributed by atoms with van der Waals surface area (Å²) in [5.74, 6) is 0.765. The fraction of sp³-hybridized carbons (Fsp3) is 0.441. The van der Waals surface area contributed by atoms with Crippen LogP contribution < -0.4 is 0 Å². The molecule has 0 heterocycles. The summed E-state index contributed by atoms with van der Waals surface area (Å²) in [6.07, 6.45) is 8.91. The van der Waals surface area contributed by atoms with Gasteiger partial charge in [0.1, 0.15) is 0 Å². The van der Waals surface area contributed by atoms with Crippen molar-refractivity contribution in [3.8, 4) is 23.3 Å². The Kier molecular flexibility index (Phi) is 4.99. The molecular weight excluding hydrogens is 468 g/mol. The molecule has 0 aromatic heterocycles. The van der Waals surface area contributed by atoms with E-state index in [-0.39, 0.29) is 29.0 Å². The largest absolute Gasteiger partial charge is 0.388 e. The molecule has 5 atom stereocenters. The summed E-state index contributed by atoms with van der Waals surface area (Å²) in [4.78, 5) is 12.6. The summed E-state index contributed by atoms with van der Waals surface area (Å²) in [6.45, 7) is 2.24. The molecule has 0 radical (unpaired) electrons. The number of ketones is 1. The van der Waals surface area contributed by atoms with Crippen LogP contribution in [0.25, 0.3) is 11.1 Å². The molecule has 190 valence electrons. The minimum atomic E-state index is -0.962. The highest BCUT2D eigenvalue weighted by atomic mass is 16.3. The smallest absolute Gasteiger partial charge is 0.155 e. The quantitative estimate of drug-likeness (QED) is 0.465. The van der Waals surface area contributed by atoms with Crippen molar-refractivity contribution >= 4 is 5.78 Å². The third kappa shape index (κ3) is 3.02. The maximum absolute atomic E-state index is 12.6. The molecule has 38 heavy (non-hydrogen) atoms. The number of carbonyl (C=O) groups excluding carboxylic acids is 1. The van der Waals surface area contributed by atoms with Crippen molar-refractivity contribution in [2.75, 3.05) is 0 Å². The molecule has 4 nitrogen and oxygen atoms in total. The van der Waals surface area contributed by atoms with Gasteiger partial charge in [0.2, 0.25) is 0 Å². The molecule has 0 amide bonds. The Hall–Kier alpha value is -3.47. The van der Waals surface area contributed by atoms with E-state index in [1.165, 1.54) is 22.3 Å². The van der Waals surface area contributed by atoms with Crippen LogP contribution in [0.2, 0.25) is 0 Å². The van der Waals surface area contributed by atoms with E-state index in [0.717, 1.165) is 49.7 Å². The number of rotatable bonds is 2. The number of fused-ring (bicyclic) bond motifs is 4. The molecule has 1 spiro atoms. The number of allylic oxidation sites excluding steroid dienone is 4. The van der Waals surface area contributed by atoms with Crippen molar-refractivity contribution in [1.29, 1.82) is 10.5 Å². The van der Waals surface area contributed by atoms with Gasteiger partial charge in [0.25, 0.3) is 0 Å². The Bertz CT molecular complexity index is 1530. The number of aliphatic hydroxyl groups is 1. The van der Waals surface area contributed by atoms with E-state index in [9.17, 15) is 20.4 Å². The van der Waals surface area contributed by atoms with Gasteiger partial charge < -0.3 is 5.11 Å². The Morgan fingerprint density at radius 3 is 2.58 bits per heavy atom. The van der Waals surface area contributed by atoms with E-state index in [1.54, 1.807) is 5.57 Å². The predicted octanol–water partition coefficient (Wildman–Crippen LogP) is 6.70. The molecule has 0 saturated heterocycles. The summed E-state index contributed by atoms with van der Waals surface area (Å²) in [5.41, 5.74) is 8.61. The first-order valence-electron chi connectivity index (χ1n) is 14.0. The van der Waals surface area contributed by atoms with E-state index >= 15 is 0 Å². The van der Waals surface area contributed by atoms with Gasteiger partial charge in [-0.25, -0.2) is 0 Å². The lowest BCUT2D eigenvalue weighted by Crippen LogP contribution is -2.52. The SMILES string of the molecule is C[C@]12CC3C4=C(CCC5=CC(=O)CC[C@@]54Cc4cc(-c5ccc(C#N)cc5)ccc43)[C@@H]1CC[C@@]2(O)CC#N. The normalized spacial score (nSPS) is 34.7. The maximum atomic E-state index is 12.6. The minimum Gasteiger partial charge on any atom is -0.388 e. The van der Waals surface area contributed by atoms with Gasteiger partial charge in [-0.1, -0.05) is 54.0 Å². The average molecular weight is 501 g/mol. The van der Waals surface area contributed by atoms with Gasteiger partial charge >= 0.3 is 0 Å². The van der Waals surface area contributed by atoms with Gasteiger partial charge in [0.05, 0.1) is 29.7 Å². The average Bonchev–Trinajstić information content (AvgIpc) is 3.18. The summed E-state index contributed by atoms with van der Waals surface area (Å²) >= 11 is 0. The monoisotopic (exact) mass is 500 g/mol.